The van der Waals surface area contributed by atoms with Crippen LogP contribution in [0.2, 0.25) is 0 Å². The molecule has 4 heteroatoms. The molecule has 1 saturated carbocycles. The fourth-order valence-electron chi connectivity index (χ4n) is 1.57. The Kier molecular flexibility index (Phi) is 2.33. The highest BCUT2D eigenvalue weighted by Crippen LogP contribution is 2.29. The van der Waals surface area contributed by atoms with E-state index in [1.54, 1.807) is 12.4 Å². The van der Waals surface area contributed by atoms with Gasteiger partial charge < -0.3 is 9.84 Å². The van der Waals surface area contributed by atoms with Gasteiger partial charge in [0.1, 0.15) is 0 Å². The summed E-state index contributed by atoms with van der Waals surface area (Å²) in [6, 6.07) is 5.76. The first kappa shape index (κ1) is 9.39. The first-order valence-electron chi connectivity index (χ1n) is 5.53. The number of nitrogens with zero attached hydrogens (tertiary/aromatic N) is 2. The molecule has 0 saturated heterocycles. The van der Waals surface area contributed by atoms with Crippen LogP contribution in [0.1, 0.15) is 12.8 Å². The molecule has 0 radical (unpaired) electrons. The molecule has 2 aromatic rings. The van der Waals surface area contributed by atoms with Gasteiger partial charge in [0.2, 0.25) is 0 Å². The summed E-state index contributed by atoms with van der Waals surface area (Å²) >= 11 is 0. The SMILES string of the molecule is c1cncc(-c2cc(NCC3CC3)no2)c1. The molecule has 1 fully saturated rings. The average molecular weight is 215 g/mol. The molecule has 2 aromatic heterocycles. The van der Waals surface area contributed by atoms with Crippen LogP contribution >= 0.6 is 0 Å². The van der Waals surface area contributed by atoms with Gasteiger partial charge in [0, 0.05) is 30.6 Å². The number of hydrogen-bond donors (Lipinski definition) is 1. The van der Waals surface area contributed by atoms with Gasteiger partial charge in [-0.25, -0.2) is 0 Å². The molecule has 0 spiro atoms. The largest absolute Gasteiger partial charge is 0.367 e. The Balaban J connectivity index is 1.71. The number of pyridine rings is 1. The standard InChI is InChI=1S/C12H13N3O/c1-2-10(8-13-5-1)11-6-12(15-16-11)14-7-9-3-4-9/h1-2,5-6,8-9H,3-4,7H2,(H,14,15). The molecule has 0 aliphatic heterocycles. The van der Waals surface area contributed by atoms with Crippen molar-refractivity contribution in [2.75, 3.05) is 11.9 Å². The van der Waals surface area contributed by atoms with Crippen LogP contribution in [0.3, 0.4) is 0 Å². The lowest BCUT2D eigenvalue weighted by Gasteiger charge is -1.97. The molecule has 3 rings (SSSR count). The number of aromatic nitrogens is 2. The molecule has 0 atom stereocenters. The molecule has 1 aliphatic rings. The third kappa shape index (κ3) is 2.05. The molecule has 82 valence electrons. The second kappa shape index (κ2) is 3.96. The molecule has 2 heterocycles. The minimum Gasteiger partial charge on any atom is -0.367 e. The van der Waals surface area contributed by atoms with Crippen molar-refractivity contribution in [3.8, 4) is 11.3 Å². The topological polar surface area (TPSA) is 51.0 Å². The van der Waals surface area contributed by atoms with Crippen molar-refractivity contribution in [2.24, 2.45) is 5.92 Å². The van der Waals surface area contributed by atoms with Gasteiger partial charge in [0.15, 0.2) is 11.6 Å². The number of nitrogens with one attached hydrogen (secondary N) is 1. The van der Waals surface area contributed by atoms with E-state index in [1.807, 2.05) is 18.2 Å². The highest BCUT2D eigenvalue weighted by atomic mass is 16.5. The van der Waals surface area contributed by atoms with Gasteiger partial charge in [0.25, 0.3) is 0 Å². The van der Waals surface area contributed by atoms with E-state index in [2.05, 4.69) is 15.5 Å². The predicted octanol–water partition coefficient (Wildman–Crippen LogP) is 2.56. The van der Waals surface area contributed by atoms with E-state index in [9.17, 15) is 0 Å². The molecular weight excluding hydrogens is 202 g/mol. The van der Waals surface area contributed by atoms with Crippen molar-refractivity contribution < 1.29 is 4.52 Å². The summed E-state index contributed by atoms with van der Waals surface area (Å²) in [5.74, 6) is 2.40. The zero-order chi connectivity index (χ0) is 10.8. The Morgan fingerprint density at radius 1 is 1.44 bits per heavy atom. The monoisotopic (exact) mass is 215 g/mol. The third-order valence-electron chi connectivity index (χ3n) is 2.72. The van der Waals surface area contributed by atoms with Crippen molar-refractivity contribution in [3.05, 3.63) is 30.6 Å². The molecule has 0 amide bonds. The van der Waals surface area contributed by atoms with Crippen molar-refractivity contribution in [1.29, 1.82) is 0 Å². The lowest BCUT2D eigenvalue weighted by molar-refractivity contribution is 0.434. The summed E-state index contributed by atoms with van der Waals surface area (Å²) in [5, 5.41) is 7.25. The van der Waals surface area contributed by atoms with E-state index in [-0.39, 0.29) is 0 Å². The van der Waals surface area contributed by atoms with E-state index < -0.39 is 0 Å². The van der Waals surface area contributed by atoms with Crippen LogP contribution in [0.25, 0.3) is 11.3 Å². The summed E-state index contributed by atoms with van der Waals surface area (Å²) in [5.41, 5.74) is 0.953. The van der Waals surface area contributed by atoms with Crippen LogP contribution in [0.4, 0.5) is 5.82 Å². The average Bonchev–Trinajstić information content (AvgIpc) is 3.05. The molecule has 0 aromatic carbocycles. The van der Waals surface area contributed by atoms with E-state index in [0.717, 1.165) is 29.6 Å². The first-order chi connectivity index (χ1) is 7.92. The van der Waals surface area contributed by atoms with Gasteiger partial charge in [-0.3, -0.25) is 4.98 Å². The predicted molar refractivity (Wildman–Crippen MR) is 60.9 cm³/mol. The van der Waals surface area contributed by atoms with Crippen molar-refractivity contribution >= 4 is 5.82 Å². The minimum atomic E-state index is 0.756. The van der Waals surface area contributed by atoms with Gasteiger partial charge >= 0.3 is 0 Å². The zero-order valence-corrected chi connectivity index (χ0v) is 8.89. The van der Waals surface area contributed by atoms with E-state index in [0.29, 0.717) is 0 Å². The number of rotatable bonds is 4. The summed E-state index contributed by atoms with van der Waals surface area (Å²) < 4.78 is 5.25. The van der Waals surface area contributed by atoms with Crippen LogP contribution in [-0.2, 0) is 0 Å². The zero-order valence-electron chi connectivity index (χ0n) is 8.89. The summed E-state index contributed by atoms with van der Waals surface area (Å²) in [4.78, 5) is 4.05. The van der Waals surface area contributed by atoms with Crippen molar-refractivity contribution in [1.82, 2.24) is 10.1 Å². The van der Waals surface area contributed by atoms with Crippen LogP contribution in [-0.4, -0.2) is 16.7 Å². The van der Waals surface area contributed by atoms with Gasteiger partial charge in [-0.15, -0.1) is 0 Å². The Morgan fingerprint density at radius 2 is 2.38 bits per heavy atom. The molecule has 16 heavy (non-hydrogen) atoms. The van der Waals surface area contributed by atoms with Crippen LogP contribution in [0.15, 0.2) is 35.1 Å². The Morgan fingerprint density at radius 3 is 3.12 bits per heavy atom. The van der Waals surface area contributed by atoms with Crippen molar-refractivity contribution in [3.63, 3.8) is 0 Å². The Labute approximate surface area is 93.7 Å². The molecule has 0 unspecified atom stereocenters. The maximum atomic E-state index is 5.25. The molecule has 4 nitrogen and oxygen atoms in total. The summed E-state index contributed by atoms with van der Waals surface area (Å²) in [7, 11) is 0. The Hall–Kier alpha value is -1.84. The van der Waals surface area contributed by atoms with E-state index >= 15 is 0 Å². The first-order valence-corrected chi connectivity index (χ1v) is 5.53. The highest BCUT2D eigenvalue weighted by Gasteiger charge is 2.21. The van der Waals surface area contributed by atoms with Gasteiger partial charge in [0.05, 0.1) is 0 Å². The summed E-state index contributed by atoms with van der Waals surface area (Å²) in [6.07, 6.45) is 6.18. The van der Waals surface area contributed by atoms with E-state index in [1.165, 1.54) is 12.8 Å². The molecule has 0 bridgehead atoms. The number of anilines is 1. The minimum absolute atomic E-state index is 0.756. The molecule has 1 N–H and O–H groups in total. The summed E-state index contributed by atoms with van der Waals surface area (Å²) in [6.45, 7) is 0.999. The maximum absolute atomic E-state index is 5.25. The van der Waals surface area contributed by atoms with Gasteiger partial charge in [-0.05, 0) is 30.9 Å². The van der Waals surface area contributed by atoms with Crippen LogP contribution in [0, 0.1) is 5.92 Å². The quantitative estimate of drug-likeness (QED) is 0.851. The van der Waals surface area contributed by atoms with Crippen LogP contribution < -0.4 is 5.32 Å². The fraction of sp³-hybridized carbons (Fsp3) is 0.333. The maximum Gasteiger partial charge on any atom is 0.170 e. The van der Waals surface area contributed by atoms with Crippen molar-refractivity contribution in [2.45, 2.75) is 12.8 Å². The third-order valence-corrected chi connectivity index (χ3v) is 2.72. The second-order valence-electron chi connectivity index (χ2n) is 4.14. The highest BCUT2D eigenvalue weighted by molar-refractivity contribution is 5.59. The molecular formula is C12H13N3O. The Bertz CT molecular complexity index is 462. The lowest BCUT2D eigenvalue weighted by Crippen LogP contribution is -2.02. The number of hydrogen-bond acceptors (Lipinski definition) is 4. The van der Waals surface area contributed by atoms with Gasteiger partial charge in [-0.1, -0.05) is 5.16 Å². The second-order valence-corrected chi connectivity index (χ2v) is 4.14. The van der Waals surface area contributed by atoms with E-state index in [4.69, 9.17) is 4.52 Å². The lowest BCUT2D eigenvalue weighted by atomic mass is 10.2. The normalized spacial score (nSPS) is 15.0. The molecule has 1 aliphatic carbocycles. The van der Waals surface area contributed by atoms with Crippen LogP contribution in [0.5, 0.6) is 0 Å². The van der Waals surface area contributed by atoms with Gasteiger partial charge in [-0.2, -0.15) is 0 Å². The fourth-order valence-corrected chi connectivity index (χ4v) is 1.57. The smallest absolute Gasteiger partial charge is 0.170 e.